The van der Waals surface area contributed by atoms with Gasteiger partial charge in [0.15, 0.2) is 6.29 Å². The summed E-state index contributed by atoms with van der Waals surface area (Å²) >= 11 is 0. The van der Waals surface area contributed by atoms with E-state index in [1.165, 1.54) is 14.2 Å². The molecule has 4 aliphatic rings. The molecule has 24 heavy (non-hydrogen) atoms. The molecule has 134 valence electrons. The lowest BCUT2D eigenvalue weighted by Crippen LogP contribution is -2.66. The average Bonchev–Trinajstić information content (AvgIpc) is 3.25. The predicted molar refractivity (Wildman–Crippen MR) is 79.6 cm³/mol. The minimum atomic E-state index is -1.09. The molecule has 0 radical (unpaired) electrons. The molecular weight excluding hydrogens is 316 g/mol. The Kier molecular flexibility index (Phi) is 3.50. The fraction of sp³-hybridized carbons (Fsp3) is 0.882. The van der Waals surface area contributed by atoms with Crippen molar-refractivity contribution in [3.05, 3.63) is 0 Å². The summed E-state index contributed by atoms with van der Waals surface area (Å²) in [5, 5.41) is 0. The molecule has 2 saturated carbocycles. The molecule has 7 heteroatoms. The van der Waals surface area contributed by atoms with Crippen molar-refractivity contribution >= 4 is 11.9 Å². The van der Waals surface area contributed by atoms with Crippen LogP contribution in [0.4, 0.5) is 0 Å². The van der Waals surface area contributed by atoms with Crippen LogP contribution in [0.15, 0.2) is 0 Å². The summed E-state index contributed by atoms with van der Waals surface area (Å²) in [5.74, 6) is -1.46. The van der Waals surface area contributed by atoms with Gasteiger partial charge in [-0.1, -0.05) is 25.7 Å². The van der Waals surface area contributed by atoms with Gasteiger partial charge in [-0.25, -0.2) is 0 Å². The van der Waals surface area contributed by atoms with E-state index in [9.17, 15) is 9.59 Å². The first-order valence-electron chi connectivity index (χ1n) is 8.59. The molecule has 4 fully saturated rings. The van der Waals surface area contributed by atoms with Crippen molar-refractivity contribution in [3.8, 4) is 0 Å². The first-order valence-corrected chi connectivity index (χ1v) is 8.59. The van der Waals surface area contributed by atoms with Gasteiger partial charge in [-0.05, 0) is 12.8 Å². The summed E-state index contributed by atoms with van der Waals surface area (Å²) in [6.07, 6.45) is 3.47. The number of rotatable bonds is 3. The number of hydrogen-bond donors (Lipinski definition) is 0. The Morgan fingerprint density at radius 2 is 1.83 bits per heavy atom. The van der Waals surface area contributed by atoms with Crippen molar-refractivity contribution in [1.82, 2.24) is 0 Å². The third-order valence-corrected chi connectivity index (χ3v) is 6.75. The predicted octanol–water partition coefficient (Wildman–Crippen LogP) is 1.39. The van der Waals surface area contributed by atoms with E-state index in [-0.39, 0.29) is 0 Å². The lowest BCUT2D eigenvalue weighted by atomic mass is 9.70. The number of ether oxygens (including phenoxy) is 5. The number of carbonyl (C=O) groups is 2. The molecule has 2 aliphatic heterocycles. The Hall–Kier alpha value is -1.18. The zero-order valence-electron chi connectivity index (χ0n) is 14.3. The molecule has 7 nitrogen and oxygen atoms in total. The maximum Gasteiger partial charge on any atom is 0.316 e. The Bertz CT molecular complexity index is 577. The average molecular weight is 340 g/mol. The Morgan fingerprint density at radius 1 is 1.12 bits per heavy atom. The monoisotopic (exact) mass is 340 g/mol. The molecule has 2 saturated heterocycles. The van der Waals surface area contributed by atoms with Crippen molar-refractivity contribution < 1.29 is 33.3 Å². The molecular formula is C17H24O7. The maximum absolute atomic E-state index is 13.1. The highest BCUT2D eigenvalue weighted by Crippen LogP contribution is 2.84. The SMILES string of the molecule is COC(=O)[C@]12[C@H]3C(=O)O[C@@H]4O[C@H](OC)[C@]31CCCCCC[C@]42OC. The summed E-state index contributed by atoms with van der Waals surface area (Å²) in [5.41, 5.74) is -2.88. The summed E-state index contributed by atoms with van der Waals surface area (Å²) < 4.78 is 28.3. The van der Waals surface area contributed by atoms with Gasteiger partial charge in [0, 0.05) is 14.2 Å². The minimum absolute atomic E-state index is 0.404. The highest BCUT2D eigenvalue weighted by Gasteiger charge is 2.99. The largest absolute Gasteiger partial charge is 0.468 e. The summed E-state index contributed by atoms with van der Waals surface area (Å²) in [4.78, 5) is 25.7. The first-order chi connectivity index (χ1) is 11.6. The molecule has 0 unspecified atom stereocenters. The van der Waals surface area contributed by atoms with Crippen LogP contribution < -0.4 is 0 Å². The lowest BCUT2D eigenvalue weighted by Gasteiger charge is -2.51. The van der Waals surface area contributed by atoms with E-state index in [0.29, 0.717) is 12.8 Å². The molecule has 0 aromatic rings. The van der Waals surface area contributed by atoms with Crippen LogP contribution in [0, 0.1) is 16.7 Å². The molecule has 4 bridgehead atoms. The van der Waals surface area contributed by atoms with Gasteiger partial charge in [0.25, 0.3) is 0 Å². The van der Waals surface area contributed by atoms with Crippen molar-refractivity contribution in [3.63, 3.8) is 0 Å². The molecule has 0 aromatic carbocycles. The zero-order chi connectivity index (χ0) is 17.2. The normalized spacial score (nSPS) is 49.3. The Morgan fingerprint density at radius 3 is 2.46 bits per heavy atom. The molecule has 0 spiro atoms. The second-order valence-corrected chi connectivity index (χ2v) is 7.25. The first kappa shape index (κ1) is 16.3. The van der Waals surface area contributed by atoms with Crippen LogP contribution in [0.3, 0.4) is 0 Å². The van der Waals surface area contributed by atoms with E-state index in [2.05, 4.69) is 0 Å². The van der Waals surface area contributed by atoms with E-state index in [1.54, 1.807) is 7.11 Å². The smallest absolute Gasteiger partial charge is 0.316 e. The van der Waals surface area contributed by atoms with Crippen LogP contribution >= 0.6 is 0 Å². The topological polar surface area (TPSA) is 80.3 Å². The van der Waals surface area contributed by atoms with E-state index < -0.39 is 46.9 Å². The molecule has 0 amide bonds. The van der Waals surface area contributed by atoms with E-state index in [4.69, 9.17) is 23.7 Å². The van der Waals surface area contributed by atoms with Crippen molar-refractivity contribution in [1.29, 1.82) is 0 Å². The highest BCUT2D eigenvalue weighted by atomic mass is 16.8. The molecule has 0 N–H and O–H groups in total. The number of esters is 2. The maximum atomic E-state index is 13.1. The van der Waals surface area contributed by atoms with Crippen LogP contribution in [0.1, 0.15) is 38.5 Å². The number of hydrogen-bond acceptors (Lipinski definition) is 7. The van der Waals surface area contributed by atoms with Crippen molar-refractivity contribution in [2.75, 3.05) is 21.3 Å². The Labute approximate surface area is 140 Å². The van der Waals surface area contributed by atoms with Crippen LogP contribution in [-0.4, -0.2) is 51.4 Å². The minimum Gasteiger partial charge on any atom is -0.468 e. The van der Waals surface area contributed by atoms with Gasteiger partial charge >= 0.3 is 11.9 Å². The zero-order valence-corrected chi connectivity index (χ0v) is 14.3. The Balaban J connectivity index is 1.97. The van der Waals surface area contributed by atoms with Crippen LogP contribution in [0.5, 0.6) is 0 Å². The summed E-state index contributed by atoms with van der Waals surface area (Å²) in [6, 6.07) is 0. The van der Waals surface area contributed by atoms with Gasteiger partial charge < -0.3 is 23.7 Å². The summed E-state index contributed by atoms with van der Waals surface area (Å²) in [7, 11) is 4.46. The second kappa shape index (κ2) is 5.16. The van der Waals surface area contributed by atoms with Gasteiger partial charge in [0.2, 0.25) is 6.29 Å². The van der Waals surface area contributed by atoms with Crippen LogP contribution in [0.2, 0.25) is 0 Å². The highest BCUT2D eigenvalue weighted by molar-refractivity contribution is 5.97. The van der Waals surface area contributed by atoms with Crippen LogP contribution in [0.25, 0.3) is 0 Å². The second-order valence-electron chi connectivity index (χ2n) is 7.25. The fourth-order valence-electron chi connectivity index (χ4n) is 5.93. The van der Waals surface area contributed by atoms with E-state index in [1.807, 2.05) is 0 Å². The van der Waals surface area contributed by atoms with Gasteiger partial charge in [-0.2, -0.15) is 0 Å². The van der Waals surface area contributed by atoms with Gasteiger partial charge in [0.05, 0.1) is 18.4 Å². The molecule has 2 heterocycles. The molecule has 4 rings (SSSR count). The molecule has 6 atom stereocenters. The van der Waals surface area contributed by atoms with Crippen molar-refractivity contribution in [2.45, 2.75) is 56.7 Å². The van der Waals surface area contributed by atoms with Gasteiger partial charge in [-0.15, -0.1) is 0 Å². The third-order valence-electron chi connectivity index (χ3n) is 6.75. The molecule has 0 aromatic heterocycles. The number of carbonyl (C=O) groups excluding carboxylic acids is 2. The molecule has 2 aliphatic carbocycles. The number of methoxy groups -OCH3 is 3. The third kappa shape index (κ3) is 1.46. The van der Waals surface area contributed by atoms with E-state index in [0.717, 1.165) is 25.7 Å². The summed E-state index contributed by atoms with van der Waals surface area (Å²) in [6.45, 7) is 0. The van der Waals surface area contributed by atoms with Gasteiger partial charge in [-0.3, -0.25) is 9.59 Å². The van der Waals surface area contributed by atoms with Crippen LogP contribution in [-0.2, 0) is 33.3 Å². The lowest BCUT2D eigenvalue weighted by molar-refractivity contribution is -0.354. The quantitative estimate of drug-likeness (QED) is 0.718. The fourth-order valence-corrected chi connectivity index (χ4v) is 5.93. The van der Waals surface area contributed by atoms with Crippen molar-refractivity contribution in [2.24, 2.45) is 16.7 Å². The van der Waals surface area contributed by atoms with E-state index >= 15 is 0 Å². The van der Waals surface area contributed by atoms with Gasteiger partial charge in [0.1, 0.15) is 11.0 Å². The standard InChI is InChI=1S/C17H24O7/c1-20-12(19)17-10-11(18)23-14-16(17,22-3)9-7-5-4-6-8-15(10,17)13(21-2)24-14/h10,13-14H,4-9H2,1-3H3/t10-,13-,14+,15-,16-,17+/m0/s1.